The maximum Gasteiger partial charge on any atom is 0.328 e. The van der Waals surface area contributed by atoms with Crippen molar-refractivity contribution >= 4 is 0 Å². The van der Waals surface area contributed by atoms with Crippen LogP contribution < -0.4 is 16.0 Å². The molecule has 1 N–H and O–H groups in total. The molecule has 6 heteroatoms. The molecule has 2 aromatic rings. The maximum absolute atomic E-state index is 11.6. The van der Waals surface area contributed by atoms with E-state index in [0.717, 1.165) is 10.3 Å². The summed E-state index contributed by atoms with van der Waals surface area (Å²) in [5.74, 6) is 0.651. The highest BCUT2D eigenvalue weighted by Gasteiger charge is 2.05. The third-order valence-corrected chi connectivity index (χ3v) is 2.48. The molecular formula is C12H13N3O3. The van der Waals surface area contributed by atoms with Gasteiger partial charge in [-0.1, -0.05) is 0 Å². The minimum absolute atomic E-state index is 0.118. The van der Waals surface area contributed by atoms with Crippen LogP contribution in [0.25, 0.3) is 0 Å². The van der Waals surface area contributed by atoms with Gasteiger partial charge in [0.15, 0.2) is 0 Å². The molecule has 2 aromatic heterocycles. The van der Waals surface area contributed by atoms with Crippen molar-refractivity contribution in [2.75, 3.05) is 7.11 Å². The van der Waals surface area contributed by atoms with E-state index in [9.17, 15) is 9.59 Å². The van der Waals surface area contributed by atoms with Crippen molar-refractivity contribution in [3.63, 3.8) is 0 Å². The maximum atomic E-state index is 11.6. The van der Waals surface area contributed by atoms with Gasteiger partial charge >= 0.3 is 5.69 Å². The summed E-state index contributed by atoms with van der Waals surface area (Å²) in [6.07, 6.45) is 1.32. The topological polar surface area (TPSA) is 77.0 Å². The second kappa shape index (κ2) is 4.87. The minimum atomic E-state index is -0.454. The van der Waals surface area contributed by atoms with E-state index < -0.39 is 5.69 Å². The van der Waals surface area contributed by atoms with Gasteiger partial charge in [-0.15, -0.1) is 0 Å². The van der Waals surface area contributed by atoms with Gasteiger partial charge in [0.25, 0.3) is 5.56 Å². The highest BCUT2D eigenvalue weighted by molar-refractivity contribution is 5.26. The fourth-order valence-corrected chi connectivity index (χ4v) is 1.67. The van der Waals surface area contributed by atoms with Crippen LogP contribution in [0.5, 0.6) is 5.75 Å². The van der Waals surface area contributed by atoms with Crippen LogP contribution >= 0.6 is 0 Å². The summed E-state index contributed by atoms with van der Waals surface area (Å²) in [6.45, 7) is 1.94. The number of hydrogen-bond donors (Lipinski definition) is 1. The van der Waals surface area contributed by atoms with Crippen LogP contribution in [0, 0.1) is 6.92 Å². The number of nitrogens with zero attached hydrogens (tertiary/aromatic N) is 2. The molecule has 0 radical (unpaired) electrons. The number of aromatic nitrogens is 3. The molecule has 94 valence electrons. The Balaban J connectivity index is 2.43. The number of pyridine rings is 1. The molecule has 0 spiro atoms. The summed E-state index contributed by atoms with van der Waals surface area (Å²) in [7, 11) is 1.56. The number of rotatable bonds is 3. The Labute approximate surface area is 103 Å². The predicted molar refractivity (Wildman–Crippen MR) is 66.0 cm³/mol. The first-order valence-corrected chi connectivity index (χ1v) is 5.40. The van der Waals surface area contributed by atoms with Crippen LogP contribution in [0.2, 0.25) is 0 Å². The lowest BCUT2D eigenvalue weighted by molar-refractivity contribution is 0.412. The quantitative estimate of drug-likeness (QED) is 0.846. The normalized spacial score (nSPS) is 10.3. The van der Waals surface area contributed by atoms with Crippen molar-refractivity contribution in [1.82, 2.24) is 14.5 Å². The first kappa shape index (κ1) is 12.1. The zero-order valence-corrected chi connectivity index (χ0v) is 10.1. The number of ether oxygens (including phenoxy) is 1. The Kier molecular flexibility index (Phi) is 3.27. The summed E-state index contributed by atoms with van der Waals surface area (Å²) in [5, 5.41) is 0. The Morgan fingerprint density at radius 3 is 2.83 bits per heavy atom. The molecule has 2 rings (SSSR count). The first-order chi connectivity index (χ1) is 8.60. The average molecular weight is 247 g/mol. The molecule has 18 heavy (non-hydrogen) atoms. The second-order valence-electron chi connectivity index (χ2n) is 3.85. The monoisotopic (exact) mass is 247 g/mol. The summed E-state index contributed by atoms with van der Waals surface area (Å²) < 4.78 is 6.21. The van der Waals surface area contributed by atoms with Gasteiger partial charge in [0.1, 0.15) is 5.75 Å². The van der Waals surface area contributed by atoms with E-state index in [2.05, 4.69) is 9.97 Å². The van der Waals surface area contributed by atoms with Crippen LogP contribution in [0.15, 0.2) is 34.0 Å². The van der Waals surface area contributed by atoms with E-state index in [-0.39, 0.29) is 12.1 Å². The van der Waals surface area contributed by atoms with Gasteiger partial charge in [0, 0.05) is 30.1 Å². The van der Waals surface area contributed by atoms with Crippen LogP contribution in [-0.4, -0.2) is 21.6 Å². The highest BCUT2D eigenvalue weighted by Crippen LogP contribution is 2.13. The van der Waals surface area contributed by atoms with Crippen LogP contribution in [0.1, 0.15) is 11.4 Å². The zero-order chi connectivity index (χ0) is 13.1. The van der Waals surface area contributed by atoms with E-state index in [1.165, 1.54) is 12.3 Å². The van der Waals surface area contributed by atoms with Gasteiger partial charge in [0.2, 0.25) is 0 Å². The van der Waals surface area contributed by atoms with E-state index in [0.29, 0.717) is 11.4 Å². The number of H-pyrrole nitrogens is 1. The molecule has 0 amide bonds. The molecule has 2 heterocycles. The lowest BCUT2D eigenvalue weighted by Crippen LogP contribution is -2.34. The molecule has 6 nitrogen and oxygen atoms in total. The molecule has 0 atom stereocenters. The molecule has 0 saturated heterocycles. The Bertz CT molecular complexity index is 645. The van der Waals surface area contributed by atoms with Crippen molar-refractivity contribution in [2.45, 2.75) is 13.5 Å². The summed E-state index contributed by atoms with van der Waals surface area (Å²) >= 11 is 0. The molecule has 0 aliphatic carbocycles. The number of aromatic amines is 1. The van der Waals surface area contributed by atoms with Crippen LogP contribution in [-0.2, 0) is 6.54 Å². The van der Waals surface area contributed by atoms with Gasteiger partial charge in [0.05, 0.1) is 19.3 Å². The Hall–Kier alpha value is -2.37. The van der Waals surface area contributed by atoms with Crippen molar-refractivity contribution in [1.29, 1.82) is 0 Å². The average Bonchev–Trinajstić information content (AvgIpc) is 2.33. The van der Waals surface area contributed by atoms with E-state index in [4.69, 9.17) is 4.74 Å². The Morgan fingerprint density at radius 2 is 2.17 bits per heavy atom. The molecular weight excluding hydrogens is 234 g/mol. The third kappa shape index (κ3) is 2.48. The highest BCUT2D eigenvalue weighted by atomic mass is 16.5. The fourth-order valence-electron chi connectivity index (χ4n) is 1.67. The Morgan fingerprint density at radius 1 is 1.39 bits per heavy atom. The van der Waals surface area contributed by atoms with Crippen molar-refractivity contribution in [3.8, 4) is 5.75 Å². The van der Waals surface area contributed by atoms with Gasteiger partial charge in [-0.3, -0.25) is 14.3 Å². The van der Waals surface area contributed by atoms with Crippen LogP contribution in [0.4, 0.5) is 0 Å². The minimum Gasteiger partial charge on any atom is -0.497 e. The first-order valence-electron chi connectivity index (χ1n) is 5.40. The van der Waals surface area contributed by atoms with Crippen LogP contribution in [0.3, 0.4) is 0 Å². The van der Waals surface area contributed by atoms with Crippen molar-refractivity contribution in [2.24, 2.45) is 0 Å². The van der Waals surface area contributed by atoms with Crippen molar-refractivity contribution in [3.05, 3.63) is 56.6 Å². The summed E-state index contributed by atoms with van der Waals surface area (Å²) in [5.41, 5.74) is 0.557. The van der Waals surface area contributed by atoms with Gasteiger partial charge in [-0.05, 0) is 6.92 Å². The number of methoxy groups -OCH3 is 1. The second-order valence-corrected chi connectivity index (χ2v) is 3.85. The summed E-state index contributed by atoms with van der Waals surface area (Å²) in [4.78, 5) is 29.8. The van der Waals surface area contributed by atoms with E-state index >= 15 is 0 Å². The van der Waals surface area contributed by atoms with Crippen molar-refractivity contribution < 1.29 is 4.74 Å². The summed E-state index contributed by atoms with van der Waals surface area (Å²) in [6, 6.07) is 4.78. The SMILES string of the molecule is COc1cc(C)nc(Cn2c(=O)cc[nH]c2=O)c1. The number of nitrogens with one attached hydrogen (secondary N) is 1. The van der Waals surface area contributed by atoms with Gasteiger partial charge in [-0.25, -0.2) is 4.79 Å². The largest absolute Gasteiger partial charge is 0.497 e. The number of hydrogen-bond acceptors (Lipinski definition) is 4. The molecule has 0 aliphatic heterocycles. The molecule has 0 aromatic carbocycles. The fraction of sp³-hybridized carbons (Fsp3) is 0.250. The lowest BCUT2D eigenvalue weighted by atomic mass is 10.3. The van der Waals surface area contributed by atoms with Gasteiger partial charge < -0.3 is 9.72 Å². The molecule has 0 fully saturated rings. The molecule has 0 aliphatic rings. The number of aryl methyl sites for hydroxylation is 1. The lowest BCUT2D eigenvalue weighted by Gasteiger charge is -2.07. The third-order valence-electron chi connectivity index (χ3n) is 2.48. The standard InChI is InChI=1S/C12H13N3O3/c1-8-5-10(18-2)6-9(14-8)7-15-11(16)3-4-13-12(15)17/h3-6H,7H2,1-2H3,(H,13,17). The van der Waals surface area contributed by atoms with E-state index in [1.54, 1.807) is 19.2 Å². The molecule has 0 bridgehead atoms. The molecule has 0 unspecified atom stereocenters. The molecule has 0 saturated carbocycles. The van der Waals surface area contributed by atoms with E-state index in [1.807, 2.05) is 6.92 Å². The smallest absolute Gasteiger partial charge is 0.328 e. The predicted octanol–water partition coefficient (Wildman–Crippen LogP) is 0.297. The zero-order valence-electron chi connectivity index (χ0n) is 10.1. The van der Waals surface area contributed by atoms with Gasteiger partial charge in [-0.2, -0.15) is 0 Å².